The van der Waals surface area contributed by atoms with E-state index in [4.69, 9.17) is 11.6 Å². The van der Waals surface area contributed by atoms with Crippen molar-refractivity contribution in [2.24, 2.45) is 0 Å². The number of rotatable bonds is 2. The van der Waals surface area contributed by atoms with Crippen molar-refractivity contribution in [2.45, 2.75) is 6.54 Å². The molecule has 0 bridgehead atoms. The summed E-state index contributed by atoms with van der Waals surface area (Å²) in [6.07, 6.45) is 5.39. The minimum absolute atomic E-state index is 0. The van der Waals surface area contributed by atoms with Crippen LogP contribution in [-0.2, 0) is 6.54 Å². The second-order valence-corrected chi connectivity index (χ2v) is 1.87. The van der Waals surface area contributed by atoms with E-state index >= 15 is 0 Å². The average molecular weight is 166 g/mol. The molecule has 0 fully saturated rings. The van der Waals surface area contributed by atoms with Gasteiger partial charge in [0.25, 0.3) is 0 Å². The predicted molar refractivity (Wildman–Crippen MR) is 32.9 cm³/mol. The van der Waals surface area contributed by atoms with Gasteiger partial charge in [-0.3, -0.25) is 0 Å². The van der Waals surface area contributed by atoms with Crippen molar-refractivity contribution in [3.05, 3.63) is 18.7 Å². The fourth-order valence-electron chi connectivity index (χ4n) is 0.517. The molecule has 9 heavy (non-hydrogen) atoms. The van der Waals surface area contributed by atoms with Crippen LogP contribution in [0.5, 0.6) is 0 Å². The zero-order valence-corrected chi connectivity index (χ0v) is 6.31. The van der Waals surface area contributed by atoms with Crippen LogP contribution >= 0.6 is 11.6 Å². The first-order valence-corrected chi connectivity index (χ1v) is 2.98. The third kappa shape index (κ3) is 2.72. The fourth-order valence-corrected chi connectivity index (χ4v) is 0.712. The van der Waals surface area contributed by atoms with Gasteiger partial charge in [-0.2, -0.15) is 0 Å². The second-order valence-electron chi connectivity index (χ2n) is 1.49. The van der Waals surface area contributed by atoms with Crippen molar-refractivity contribution in [3.8, 4) is 0 Å². The summed E-state index contributed by atoms with van der Waals surface area (Å²) in [7, 11) is 0. The minimum Gasteiger partial charge on any atom is -1.00 e. The number of hydrogen-bond acceptors (Lipinski definition) is 1. The van der Waals surface area contributed by atoms with Crippen molar-refractivity contribution in [1.29, 1.82) is 0 Å². The van der Waals surface area contributed by atoms with Gasteiger partial charge in [-0.05, 0) is 0 Å². The summed E-state index contributed by atoms with van der Waals surface area (Å²) in [6, 6.07) is 0. The normalized spacial score (nSPS) is 8.56. The first-order valence-electron chi connectivity index (χ1n) is 2.45. The SMILES string of the molecule is ClCCn1ccnc1.[Cl-]. The summed E-state index contributed by atoms with van der Waals surface area (Å²) in [5.41, 5.74) is 0. The van der Waals surface area contributed by atoms with Crippen LogP contribution < -0.4 is 12.4 Å². The lowest BCUT2D eigenvalue weighted by Gasteiger charge is -1.92. The highest BCUT2D eigenvalue weighted by atomic mass is 35.5. The van der Waals surface area contributed by atoms with Crippen molar-refractivity contribution >= 4 is 11.6 Å². The van der Waals surface area contributed by atoms with E-state index in [9.17, 15) is 0 Å². The first kappa shape index (κ1) is 8.79. The minimum atomic E-state index is 0. The Morgan fingerprint density at radius 1 is 1.56 bits per heavy atom. The Labute approximate surface area is 65.3 Å². The molecule has 0 unspecified atom stereocenters. The Hall–Kier alpha value is -0.210. The van der Waals surface area contributed by atoms with Gasteiger partial charge in [0, 0.05) is 24.8 Å². The molecular weight excluding hydrogens is 159 g/mol. The summed E-state index contributed by atoms with van der Waals surface area (Å²) in [5, 5.41) is 0. The number of imidazole rings is 1. The van der Waals surface area contributed by atoms with E-state index in [1.54, 1.807) is 12.5 Å². The van der Waals surface area contributed by atoms with E-state index in [2.05, 4.69) is 4.98 Å². The number of halogens is 2. The Kier molecular flexibility index (Phi) is 4.54. The van der Waals surface area contributed by atoms with Gasteiger partial charge in [0.1, 0.15) is 0 Å². The third-order valence-corrected chi connectivity index (χ3v) is 1.07. The Balaban J connectivity index is 0.000000640. The topological polar surface area (TPSA) is 17.8 Å². The molecule has 0 aliphatic heterocycles. The van der Waals surface area contributed by atoms with Crippen molar-refractivity contribution in [3.63, 3.8) is 0 Å². The van der Waals surface area contributed by atoms with Crippen molar-refractivity contribution in [1.82, 2.24) is 9.55 Å². The maximum absolute atomic E-state index is 5.44. The quantitative estimate of drug-likeness (QED) is 0.470. The molecule has 1 rings (SSSR count). The maximum Gasteiger partial charge on any atom is 0.0946 e. The number of aryl methyl sites for hydroxylation is 1. The van der Waals surface area contributed by atoms with E-state index in [0.717, 1.165) is 6.54 Å². The Morgan fingerprint density at radius 2 is 2.33 bits per heavy atom. The molecule has 0 saturated heterocycles. The molecule has 0 aliphatic rings. The van der Waals surface area contributed by atoms with Gasteiger partial charge in [-0.15, -0.1) is 11.6 Å². The molecule has 1 aromatic rings. The molecule has 1 aromatic heterocycles. The molecule has 0 amide bonds. The lowest BCUT2D eigenvalue weighted by molar-refractivity contribution is -0.00000167. The van der Waals surface area contributed by atoms with Gasteiger partial charge in [-0.25, -0.2) is 4.98 Å². The van der Waals surface area contributed by atoms with Gasteiger partial charge >= 0.3 is 0 Å². The average Bonchev–Trinajstić information content (AvgIpc) is 2.19. The highest BCUT2D eigenvalue weighted by molar-refractivity contribution is 6.17. The summed E-state index contributed by atoms with van der Waals surface area (Å²) < 4.78 is 1.94. The number of aromatic nitrogens is 2. The number of hydrogen-bond donors (Lipinski definition) is 0. The summed E-state index contributed by atoms with van der Waals surface area (Å²) in [4.78, 5) is 3.85. The molecule has 1 heterocycles. The molecule has 0 saturated carbocycles. The molecule has 0 aliphatic carbocycles. The van der Waals surface area contributed by atoms with Crippen molar-refractivity contribution in [2.75, 3.05) is 5.88 Å². The summed E-state index contributed by atoms with van der Waals surface area (Å²) >= 11 is 5.44. The molecule has 4 heteroatoms. The standard InChI is InChI=1S/C5H7ClN2.ClH/c6-1-3-8-4-2-7-5-8;/h2,4-5H,1,3H2;1H/p-1. The van der Waals surface area contributed by atoms with E-state index in [-0.39, 0.29) is 12.4 Å². The molecular formula is C5H7Cl2N2-. The van der Waals surface area contributed by atoms with Gasteiger partial charge in [0.2, 0.25) is 0 Å². The van der Waals surface area contributed by atoms with Crippen LogP contribution in [0, 0.1) is 0 Å². The molecule has 0 spiro atoms. The summed E-state index contributed by atoms with van der Waals surface area (Å²) in [6.45, 7) is 0.849. The number of alkyl halides is 1. The zero-order valence-electron chi connectivity index (χ0n) is 4.80. The van der Waals surface area contributed by atoms with E-state index in [1.807, 2.05) is 10.8 Å². The molecule has 0 radical (unpaired) electrons. The second kappa shape index (κ2) is 4.65. The Bertz CT molecular complexity index is 139. The van der Waals surface area contributed by atoms with E-state index in [0.29, 0.717) is 5.88 Å². The predicted octanol–water partition coefficient (Wildman–Crippen LogP) is -1.87. The van der Waals surface area contributed by atoms with Crippen molar-refractivity contribution < 1.29 is 12.4 Å². The fraction of sp³-hybridized carbons (Fsp3) is 0.400. The lowest BCUT2D eigenvalue weighted by atomic mass is 10.7. The van der Waals surface area contributed by atoms with Crippen LogP contribution in [0.15, 0.2) is 18.7 Å². The van der Waals surface area contributed by atoms with Gasteiger partial charge < -0.3 is 17.0 Å². The monoisotopic (exact) mass is 165 g/mol. The van der Waals surface area contributed by atoms with Crippen LogP contribution in [0.1, 0.15) is 0 Å². The van der Waals surface area contributed by atoms with E-state index < -0.39 is 0 Å². The number of nitrogens with zero attached hydrogens (tertiary/aromatic N) is 2. The molecule has 52 valence electrons. The summed E-state index contributed by atoms with van der Waals surface area (Å²) in [5.74, 6) is 0.649. The van der Waals surface area contributed by atoms with E-state index in [1.165, 1.54) is 0 Å². The molecule has 0 aromatic carbocycles. The highest BCUT2D eigenvalue weighted by Crippen LogP contribution is 1.85. The van der Waals surface area contributed by atoms with Gasteiger partial charge in [-0.1, -0.05) is 0 Å². The largest absolute Gasteiger partial charge is 1.00 e. The first-order chi connectivity index (χ1) is 3.93. The Morgan fingerprint density at radius 3 is 2.78 bits per heavy atom. The highest BCUT2D eigenvalue weighted by Gasteiger charge is 1.83. The van der Waals surface area contributed by atoms with Crippen LogP contribution in [0.4, 0.5) is 0 Å². The smallest absolute Gasteiger partial charge is 0.0946 e. The van der Waals surface area contributed by atoms with Gasteiger partial charge in [0.15, 0.2) is 0 Å². The molecule has 0 N–H and O–H groups in total. The third-order valence-electron chi connectivity index (χ3n) is 0.902. The van der Waals surface area contributed by atoms with Crippen LogP contribution in [0.3, 0.4) is 0 Å². The van der Waals surface area contributed by atoms with Crippen LogP contribution in [-0.4, -0.2) is 15.4 Å². The zero-order chi connectivity index (χ0) is 5.82. The van der Waals surface area contributed by atoms with Gasteiger partial charge in [0.05, 0.1) is 6.33 Å². The van der Waals surface area contributed by atoms with Crippen LogP contribution in [0.2, 0.25) is 0 Å². The molecule has 2 nitrogen and oxygen atoms in total. The maximum atomic E-state index is 5.44. The lowest BCUT2D eigenvalue weighted by Crippen LogP contribution is -3.00. The molecule has 0 atom stereocenters. The van der Waals surface area contributed by atoms with Crippen LogP contribution in [0.25, 0.3) is 0 Å².